The van der Waals surface area contributed by atoms with Gasteiger partial charge < -0.3 is 5.32 Å². The van der Waals surface area contributed by atoms with E-state index in [1.807, 2.05) is 12.1 Å². The summed E-state index contributed by atoms with van der Waals surface area (Å²) in [6.07, 6.45) is 3.58. The van der Waals surface area contributed by atoms with Crippen molar-refractivity contribution in [1.82, 2.24) is 5.32 Å². The van der Waals surface area contributed by atoms with E-state index in [-0.39, 0.29) is 11.9 Å². The van der Waals surface area contributed by atoms with Crippen molar-refractivity contribution in [1.29, 1.82) is 0 Å². The monoisotopic (exact) mass is 257 g/mol. The van der Waals surface area contributed by atoms with Gasteiger partial charge in [-0.25, -0.2) is 4.39 Å². The minimum Gasteiger partial charge on any atom is -0.310 e. The van der Waals surface area contributed by atoms with Gasteiger partial charge in [0, 0.05) is 28.9 Å². The summed E-state index contributed by atoms with van der Waals surface area (Å²) in [5.74, 6) is 0.525. The molecule has 2 nitrogen and oxygen atoms in total. The minimum atomic E-state index is -0.719. The van der Waals surface area contributed by atoms with E-state index < -0.39 is 10.8 Å². The maximum atomic E-state index is 12.8. The molecule has 0 fully saturated rings. The third-order valence-corrected chi connectivity index (χ3v) is 3.54. The number of hydrogen-bond donors (Lipinski definition) is 1. The summed E-state index contributed by atoms with van der Waals surface area (Å²) < 4.78 is 23.7. The number of hydrogen-bond acceptors (Lipinski definition) is 2. The predicted molar refractivity (Wildman–Crippen MR) is 71.0 cm³/mol. The fourth-order valence-electron chi connectivity index (χ4n) is 1.74. The van der Waals surface area contributed by atoms with E-state index in [4.69, 9.17) is 0 Å². The van der Waals surface area contributed by atoms with Crippen molar-refractivity contribution in [3.8, 4) is 0 Å². The Morgan fingerprint density at radius 3 is 2.53 bits per heavy atom. The van der Waals surface area contributed by atoms with E-state index in [1.54, 1.807) is 6.26 Å². The van der Waals surface area contributed by atoms with Crippen LogP contribution in [0.3, 0.4) is 0 Å². The summed E-state index contributed by atoms with van der Waals surface area (Å²) in [4.78, 5) is 0. The van der Waals surface area contributed by atoms with Gasteiger partial charge in [-0.1, -0.05) is 19.1 Å². The molecule has 0 amide bonds. The molecule has 1 aromatic carbocycles. The second-order valence-electron chi connectivity index (χ2n) is 4.10. The molecule has 0 heterocycles. The highest BCUT2D eigenvalue weighted by atomic mass is 32.2. The zero-order valence-electron chi connectivity index (χ0n) is 10.4. The van der Waals surface area contributed by atoms with Gasteiger partial charge in [0.1, 0.15) is 5.82 Å². The zero-order chi connectivity index (χ0) is 12.7. The normalized spacial score (nSPS) is 14.5. The SMILES string of the molecule is CCC(NCCCS(C)=O)c1ccc(F)cc1. The molecule has 2 unspecified atom stereocenters. The molecule has 4 heteroatoms. The van der Waals surface area contributed by atoms with E-state index in [0.29, 0.717) is 0 Å². The van der Waals surface area contributed by atoms with Crippen LogP contribution in [-0.4, -0.2) is 22.8 Å². The van der Waals surface area contributed by atoms with Gasteiger partial charge in [0.25, 0.3) is 0 Å². The molecular formula is C13H20FNOS. The maximum Gasteiger partial charge on any atom is 0.123 e. The first-order valence-electron chi connectivity index (χ1n) is 5.92. The third-order valence-electron chi connectivity index (χ3n) is 2.68. The Labute approximate surface area is 105 Å². The van der Waals surface area contributed by atoms with E-state index in [2.05, 4.69) is 12.2 Å². The lowest BCUT2D eigenvalue weighted by molar-refractivity contribution is 0.517. The molecular weight excluding hydrogens is 237 g/mol. The Morgan fingerprint density at radius 1 is 1.35 bits per heavy atom. The first kappa shape index (κ1) is 14.3. The van der Waals surface area contributed by atoms with Crippen LogP contribution < -0.4 is 5.32 Å². The van der Waals surface area contributed by atoms with Crippen molar-refractivity contribution in [3.05, 3.63) is 35.6 Å². The Bertz CT molecular complexity index is 353. The quantitative estimate of drug-likeness (QED) is 0.761. The molecule has 0 bridgehead atoms. The Hall–Kier alpha value is -0.740. The second-order valence-corrected chi connectivity index (χ2v) is 5.65. The third kappa shape index (κ3) is 5.41. The molecule has 96 valence electrons. The van der Waals surface area contributed by atoms with Crippen molar-refractivity contribution >= 4 is 10.8 Å². The summed E-state index contributed by atoms with van der Waals surface area (Å²) in [5, 5.41) is 3.40. The van der Waals surface area contributed by atoms with Crippen LogP contribution in [0.25, 0.3) is 0 Å². The first-order valence-corrected chi connectivity index (χ1v) is 7.65. The van der Waals surface area contributed by atoms with Crippen molar-refractivity contribution in [3.63, 3.8) is 0 Å². The highest BCUT2D eigenvalue weighted by Crippen LogP contribution is 2.16. The van der Waals surface area contributed by atoms with Crippen LogP contribution >= 0.6 is 0 Å². The zero-order valence-corrected chi connectivity index (χ0v) is 11.2. The molecule has 17 heavy (non-hydrogen) atoms. The van der Waals surface area contributed by atoms with Crippen LogP contribution in [0.15, 0.2) is 24.3 Å². The van der Waals surface area contributed by atoms with Gasteiger partial charge in [-0.15, -0.1) is 0 Å². The molecule has 1 N–H and O–H groups in total. The molecule has 1 rings (SSSR count). The van der Waals surface area contributed by atoms with Crippen LogP contribution in [-0.2, 0) is 10.8 Å². The van der Waals surface area contributed by atoms with Crippen LogP contribution in [0.5, 0.6) is 0 Å². The summed E-state index contributed by atoms with van der Waals surface area (Å²) in [6, 6.07) is 6.85. The fourth-order valence-corrected chi connectivity index (χ4v) is 2.30. The highest BCUT2D eigenvalue weighted by molar-refractivity contribution is 7.84. The van der Waals surface area contributed by atoms with Crippen molar-refractivity contribution in [2.75, 3.05) is 18.6 Å². The summed E-state index contributed by atoms with van der Waals surface area (Å²) in [6.45, 7) is 2.94. The van der Waals surface area contributed by atoms with E-state index in [1.165, 1.54) is 12.1 Å². The molecule has 0 radical (unpaired) electrons. The van der Waals surface area contributed by atoms with Gasteiger partial charge in [-0.2, -0.15) is 0 Å². The molecule has 0 spiro atoms. The second kappa shape index (κ2) is 7.56. The smallest absolute Gasteiger partial charge is 0.123 e. The highest BCUT2D eigenvalue weighted by Gasteiger charge is 2.08. The largest absolute Gasteiger partial charge is 0.310 e. The molecule has 0 saturated carbocycles. The number of benzene rings is 1. The number of rotatable bonds is 7. The first-order chi connectivity index (χ1) is 8.13. The van der Waals surface area contributed by atoms with Crippen molar-refractivity contribution in [2.45, 2.75) is 25.8 Å². The van der Waals surface area contributed by atoms with Crippen LogP contribution in [0.2, 0.25) is 0 Å². The Balaban J connectivity index is 2.43. The van der Waals surface area contributed by atoms with Crippen LogP contribution in [0.1, 0.15) is 31.4 Å². The molecule has 0 aliphatic heterocycles. The average molecular weight is 257 g/mol. The lowest BCUT2D eigenvalue weighted by Crippen LogP contribution is -2.23. The molecule has 0 saturated heterocycles. The average Bonchev–Trinajstić information content (AvgIpc) is 2.30. The van der Waals surface area contributed by atoms with E-state index >= 15 is 0 Å². The van der Waals surface area contributed by atoms with Crippen molar-refractivity contribution < 1.29 is 8.60 Å². The van der Waals surface area contributed by atoms with Crippen LogP contribution in [0.4, 0.5) is 4.39 Å². The topological polar surface area (TPSA) is 29.1 Å². The summed E-state index contributed by atoms with van der Waals surface area (Å²) in [7, 11) is -0.719. The molecule has 1 aromatic rings. The molecule has 2 atom stereocenters. The summed E-state index contributed by atoms with van der Waals surface area (Å²) in [5.41, 5.74) is 1.10. The van der Waals surface area contributed by atoms with Gasteiger partial charge in [-0.3, -0.25) is 4.21 Å². The lowest BCUT2D eigenvalue weighted by atomic mass is 10.0. The maximum absolute atomic E-state index is 12.8. The van der Waals surface area contributed by atoms with Gasteiger partial charge in [0.15, 0.2) is 0 Å². The van der Waals surface area contributed by atoms with Crippen LogP contribution in [0, 0.1) is 5.82 Å². The van der Waals surface area contributed by atoms with Crippen molar-refractivity contribution in [2.24, 2.45) is 0 Å². The van der Waals surface area contributed by atoms with E-state index in [9.17, 15) is 8.60 Å². The van der Waals surface area contributed by atoms with E-state index in [0.717, 1.165) is 30.7 Å². The van der Waals surface area contributed by atoms with Gasteiger partial charge in [0.05, 0.1) is 0 Å². The summed E-state index contributed by atoms with van der Waals surface area (Å²) >= 11 is 0. The molecule has 0 aliphatic rings. The Morgan fingerprint density at radius 2 is 2.00 bits per heavy atom. The predicted octanol–water partition coefficient (Wildman–Crippen LogP) is 2.64. The fraction of sp³-hybridized carbons (Fsp3) is 0.538. The van der Waals surface area contributed by atoms with Gasteiger partial charge >= 0.3 is 0 Å². The van der Waals surface area contributed by atoms with Gasteiger partial charge in [-0.05, 0) is 37.1 Å². The lowest BCUT2D eigenvalue weighted by Gasteiger charge is -2.17. The number of nitrogens with one attached hydrogen (secondary N) is 1. The number of halogens is 1. The van der Waals surface area contributed by atoms with Gasteiger partial charge in [0.2, 0.25) is 0 Å². The minimum absolute atomic E-state index is 0.204. The molecule has 0 aromatic heterocycles. The Kier molecular flexibility index (Phi) is 6.37. The standard InChI is InChI=1S/C13H20FNOS/c1-3-13(15-9-4-10-17(2)16)11-5-7-12(14)8-6-11/h5-8,13,15H,3-4,9-10H2,1-2H3. The molecule has 0 aliphatic carbocycles.